The van der Waals surface area contributed by atoms with Gasteiger partial charge in [0.05, 0.1) is 11.4 Å². The molecule has 0 amide bonds. The van der Waals surface area contributed by atoms with Crippen LogP contribution in [0.3, 0.4) is 0 Å². The Balaban J connectivity index is 1.67. The molecule has 0 radical (unpaired) electrons. The maximum Gasteiger partial charge on any atom is 0.206 e. The lowest BCUT2D eigenvalue weighted by atomic mass is 10.4. The zero-order valence-electron chi connectivity index (χ0n) is 9.54. The van der Waals surface area contributed by atoms with Gasteiger partial charge in [-0.2, -0.15) is 5.10 Å². The van der Waals surface area contributed by atoms with Gasteiger partial charge in [-0.15, -0.1) is 21.5 Å². The number of thiophene rings is 1. The van der Waals surface area contributed by atoms with Gasteiger partial charge in [-0.25, -0.2) is 4.98 Å². The Morgan fingerprint density at radius 3 is 3.06 bits per heavy atom. The number of rotatable bonds is 4. The summed E-state index contributed by atoms with van der Waals surface area (Å²) in [5.41, 5.74) is 0. The molecule has 3 rings (SSSR count). The maximum atomic E-state index is 4.41. The Labute approximate surface area is 111 Å². The smallest absolute Gasteiger partial charge is 0.206 e. The standard InChI is InChI=1S/C10H10N6S2/c1-6-13-16-10(18-6)11-5-8-12-9(15-14-8)7-3-2-4-17-7/h2-4H,5H2,1H3,(H,11,16)(H,12,14,15). The first-order chi connectivity index (χ1) is 8.81. The summed E-state index contributed by atoms with van der Waals surface area (Å²) in [6.07, 6.45) is 0. The maximum absolute atomic E-state index is 4.41. The molecule has 0 aliphatic carbocycles. The highest BCUT2D eigenvalue weighted by molar-refractivity contribution is 7.15. The van der Waals surface area contributed by atoms with Gasteiger partial charge in [0.15, 0.2) is 5.82 Å². The normalized spacial score (nSPS) is 10.7. The minimum Gasteiger partial charge on any atom is -0.353 e. The first-order valence-electron chi connectivity index (χ1n) is 5.30. The zero-order valence-corrected chi connectivity index (χ0v) is 11.2. The van der Waals surface area contributed by atoms with Crippen molar-refractivity contribution in [2.75, 3.05) is 5.32 Å². The van der Waals surface area contributed by atoms with Crippen molar-refractivity contribution in [3.8, 4) is 10.7 Å². The van der Waals surface area contributed by atoms with E-state index in [1.54, 1.807) is 11.3 Å². The third-order valence-corrected chi connectivity index (χ3v) is 3.87. The molecule has 0 saturated heterocycles. The fourth-order valence-electron chi connectivity index (χ4n) is 1.42. The fraction of sp³-hybridized carbons (Fsp3) is 0.200. The minimum absolute atomic E-state index is 0.563. The highest BCUT2D eigenvalue weighted by Crippen LogP contribution is 2.20. The first kappa shape index (κ1) is 11.3. The van der Waals surface area contributed by atoms with Crippen molar-refractivity contribution in [3.63, 3.8) is 0 Å². The van der Waals surface area contributed by atoms with Gasteiger partial charge in [-0.3, -0.25) is 5.10 Å². The van der Waals surface area contributed by atoms with Gasteiger partial charge in [0.1, 0.15) is 10.8 Å². The van der Waals surface area contributed by atoms with Gasteiger partial charge in [0.2, 0.25) is 5.13 Å². The number of nitrogens with one attached hydrogen (secondary N) is 2. The number of hydrogen-bond donors (Lipinski definition) is 2. The lowest BCUT2D eigenvalue weighted by Crippen LogP contribution is -2.00. The van der Waals surface area contributed by atoms with Crippen molar-refractivity contribution in [1.29, 1.82) is 0 Å². The Hall–Kier alpha value is -1.80. The van der Waals surface area contributed by atoms with Crippen LogP contribution in [-0.4, -0.2) is 25.4 Å². The van der Waals surface area contributed by atoms with Crippen molar-refractivity contribution >= 4 is 27.8 Å². The van der Waals surface area contributed by atoms with E-state index in [1.807, 2.05) is 24.4 Å². The van der Waals surface area contributed by atoms with E-state index in [2.05, 4.69) is 30.7 Å². The Morgan fingerprint density at radius 2 is 2.33 bits per heavy atom. The average molecular weight is 278 g/mol. The van der Waals surface area contributed by atoms with Gasteiger partial charge in [0, 0.05) is 0 Å². The molecular weight excluding hydrogens is 268 g/mol. The third-order valence-electron chi connectivity index (χ3n) is 2.21. The largest absolute Gasteiger partial charge is 0.353 e. The second-order valence-corrected chi connectivity index (χ2v) is 5.69. The van der Waals surface area contributed by atoms with Crippen LogP contribution < -0.4 is 5.32 Å². The average Bonchev–Trinajstić information content (AvgIpc) is 3.07. The Bertz CT molecular complexity index is 626. The summed E-state index contributed by atoms with van der Waals surface area (Å²) in [6.45, 7) is 2.49. The molecule has 0 atom stereocenters. The van der Waals surface area contributed by atoms with Crippen molar-refractivity contribution in [2.24, 2.45) is 0 Å². The van der Waals surface area contributed by atoms with Crippen LogP contribution in [0, 0.1) is 6.92 Å². The molecule has 0 unspecified atom stereocenters. The minimum atomic E-state index is 0.563. The van der Waals surface area contributed by atoms with E-state index in [0.717, 1.165) is 26.7 Å². The third kappa shape index (κ3) is 2.39. The highest BCUT2D eigenvalue weighted by Gasteiger charge is 2.07. The van der Waals surface area contributed by atoms with Gasteiger partial charge in [-0.05, 0) is 18.4 Å². The number of anilines is 1. The molecule has 0 aromatic carbocycles. The van der Waals surface area contributed by atoms with Crippen molar-refractivity contribution < 1.29 is 0 Å². The number of aromatic nitrogens is 5. The van der Waals surface area contributed by atoms with Crippen LogP contribution in [0.4, 0.5) is 5.13 Å². The second kappa shape index (κ2) is 4.83. The monoisotopic (exact) mass is 278 g/mol. The van der Waals surface area contributed by atoms with Crippen molar-refractivity contribution in [1.82, 2.24) is 25.4 Å². The van der Waals surface area contributed by atoms with E-state index in [9.17, 15) is 0 Å². The van der Waals surface area contributed by atoms with E-state index in [-0.39, 0.29) is 0 Å². The molecule has 0 aliphatic heterocycles. The van der Waals surface area contributed by atoms with E-state index >= 15 is 0 Å². The van der Waals surface area contributed by atoms with Gasteiger partial charge < -0.3 is 5.32 Å². The SMILES string of the molecule is Cc1nnc(NCc2nc(-c3cccs3)n[nH]2)s1. The van der Waals surface area contributed by atoms with Crippen LogP contribution in [0.2, 0.25) is 0 Å². The van der Waals surface area contributed by atoms with Crippen LogP contribution in [0.1, 0.15) is 10.8 Å². The lowest BCUT2D eigenvalue weighted by molar-refractivity contribution is 0.942. The summed E-state index contributed by atoms with van der Waals surface area (Å²) >= 11 is 3.14. The lowest BCUT2D eigenvalue weighted by Gasteiger charge is -1.96. The van der Waals surface area contributed by atoms with Crippen molar-refractivity contribution in [3.05, 3.63) is 28.3 Å². The van der Waals surface area contributed by atoms with Crippen LogP contribution in [0.5, 0.6) is 0 Å². The van der Waals surface area contributed by atoms with Gasteiger partial charge >= 0.3 is 0 Å². The van der Waals surface area contributed by atoms with Gasteiger partial charge in [0.25, 0.3) is 0 Å². The molecule has 3 heterocycles. The quantitative estimate of drug-likeness (QED) is 0.765. The summed E-state index contributed by atoms with van der Waals surface area (Å²) in [5, 5.41) is 21.9. The number of nitrogens with zero attached hydrogens (tertiary/aromatic N) is 4. The van der Waals surface area contributed by atoms with Crippen molar-refractivity contribution in [2.45, 2.75) is 13.5 Å². The summed E-state index contributed by atoms with van der Waals surface area (Å²) in [7, 11) is 0. The summed E-state index contributed by atoms with van der Waals surface area (Å²) < 4.78 is 0. The highest BCUT2D eigenvalue weighted by atomic mass is 32.1. The molecule has 0 saturated carbocycles. The number of hydrogen-bond acceptors (Lipinski definition) is 7. The van der Waals surface area contributed by atoms with E-state index < -0.39 is 0 Å². The molecule has 0 fully saturated rings. The number of aromatic amines is 1. The molecule has 3 aromatic heterocycles. The van der Waals surface area contributed by atoms with Crippen LogP contribution in [0.25, 0.3) is 10.7 Å². The molecule has 0 bridgehead atoms. The Kier molecular flexibility index (Phi) is 3.03. The van der Waals surface area contributed by atoms with E-state index in [0.29, 0.717) is 6.54 Å². The summed E-state index contributed by atoms with van der Waals surface area (Å²) in [5.74, 6) is 1.52. The van der Waals surface area contributed by atoms with E-state index in [4.69, 9.17) is 0 Å². The molecule has 2 N–H and O–H groups in total. The first-order valence-corrected chi connectivity index (χ1v) is 7.00. The van der Waals surface area contributed by atoms with Crippen LogP contribution in [-0.2, 0) is 6.54 Å². The summed E-state index contributed by atoms with van der Waals surface area (Å²) in [6, 6.07) is 3.98. The number of aryl methyl sites for hydroxylation is 1. The predicted molar refractivity (Wildman–Crippen MR) is 71.7 cm³/mol. The van der Waals surface area contributed by atoms with Crippen LogP contribution in [0.15, 0.2) is 17.5 Å². The topological polar surface area (TPSA) is 79.4 Å². The molecule has 0 aliphatic rings. The summed E-state index contributed by atoms with van der Waals surface area (Å²) in [4.78, 5) is 5.47. The molecule has 8 heteroatoms. The molecule has 92 valence electrons. The molecule has 6 nitrogen and oxygen atoms in total. The molecule has 0 spiro atoms. The predicted octanol–water partition coefficient (Wildman–Crippen LogP) is 2.31. The molecular formula is C10H10N6S2. The van der Waals surface area contributed by atoms with E-state index in [1.165, 1.54) is 11.3 Å². The Morgan fingerprint density at radius 1 is 1.39 bits per heavy atom. The molecule has 3 aromatic rings. The van der Waals surface area contributed by atoms with Gasteiger partial charge in [-0.1, -0.05) is 17.4 Å². The van der Waals surface area contributed by atoms with Crippen LogP contribution >= 0.6 is 22.7 Å². The second-order valence-electron chi connectivity index (χ2n) is 3.56. The fourth-order valence-corrected chi connectivity index (χ4v) is 2.66. The molecule has 18 heavy (non-hydrogen) atoms. The number of H-pyrrole nitrogens is 1. The zero-order chi connectivity index (χ0) is 12.4.